The Labute approximate surface area is 184 Å². The smallest absolute Gasteiger partial charge is 0.410 e. The molecule has 0 saturated carbocycles. The molecular weight excluding hydrogens is 477 g/mol. The number of alkyl halides is 3. The van der Waals surface area contributed by atoms with Gasteiger partial charge in [0.05, 0.1) is 25.0 Å². The molecule has 0 radical (unpaired) electrons. The summed E-state index contributed by atoms with van der Waals surface area (Å²) in [5, 5.41) is 9.64. The van der Waals surface area contributed by atoms with Crippen molar-refractivity contribution in [1.82, 2.24) is 9.78 Å². The van der Waals surface area contributed by atoms with E-state index in [1.165, 1.54) is 7.11 Å². The minimum absolute atomic E-state index is 0.0157. The average Bonchev–Trinajstić information content (AvgIpc) is 3.17. The summed E-state index contributed by atoms with van der Waals surface area (Å²) in [6, 6.07) is 11.3. The molecule has 2 N–H and O–H groups in total. The van der Waals surface area contributed by atoms with Gasteiger partial charge in [0.15, 0.2) is 6.04 Å². The van der Waals surface area contributed by atoms with E-state index in [9.17, 15) is 18.0 Å². The van der Waals surface area contributed by atoms with Crippen LogP contribution in [0.2, 0.25) is 0 Å². The molecule has 4 rings (SSSR count). The molecule has 162 valence electrons. The summed E-state index contributed by atoms with van der Waals surface area (Å²) in [4.78, 5) is 12.9. The Kier molecular flexibility index (Phi) is 5.65. The van der Waals surface area contributed by atoms with Crippen molar-refractivity contribution in [2.24, 2.45) is 0 Å². The molecule has 0 saturated heterocycles. The Hall–Kier alpha value is -3.01. The monoisotopic (exact) mass is 494 g/mol. The maximum atomic E-state index is 13.8. The van der Waals surface area contributed by atoms with Gasteiger partial charge in [0.1, 0.15) is 17.1 Å². The van der Waals surface area contributed by atoms with Crippen LogP contribution in [0.5, 0.6) is 5.75 Å². The third kappa shape index (κ3) is 4.25. The molecule has 1 aliphatic rings. The first-order chi connectivity index (χ1) is 14.8. The number of amides is 1. The van der Waals surface area contributed by atoms with Crippen LogP contribution in [0.15, 0.2) is 59.2 Å². The number of nitrogens with zero attached hydrogens (tertiary/aromatic N) is 2. The van der Waals surface area contributed by atoms with E-state index in [2.05, 4.69) is 31.7 Å². The summed E-state index contributed by atoms with van der Waals surface area (Å²) >= 11 is 3.33. The van der Waals surface area contributed by atoms with Gasteiger partial charge >= 0.3 is 6.18 Å². The largest absolute Gasteiger partial charge is 0.495 e. The predicted molar refractivity (Wildman–Crippen MR) is 113 cm³/mol. The number of nitrogens with one attached hydrogen (secondary N) is 2. The van der Waals surface area contributed by atoms with Gasteiger partial charge in [0, 0.05) is 10.9 Å². The summed E-state index contributed by atoms with van der Waals surface area (Å²) in [6.07, 6.45) is -3.62. The summed E-state index contributed by atoms with van der Waals surface area (Å²) in [5.74, 6) is -0.129. The third-order valence-corrected chi connectivity index (χ3v) is 5.64. The molecule has 6 nitrogen and oxygen atoms in total. The molecule has 0 spiro atoms. The number of anilines is 2. The van der Waals surface area contributed by atoms with Crippen molar-refractivity contribution < 1.29 is 22.7 Å². The molecule has 0 aliphatic carbocycles. The summed E-state index contributed by atoms with van der Waals surface area (Å²) in [5.41, 5.74) is 1.10. The summed E-state index contributed by atoms with van der Waals surface area (Å²) in [7, 11) is 1.46. The van der Waals surface area contributed by atoms with Crippen LogP contribution in [0.3, 0.4) is 0 Å². The second-order valence-corrected chi connectivity index (χ2v) is 7.96. The highest BCUT2D eigenvalue weighted by Gasteiger charge is 2.47. The van der Waals surface area contributed by atoms with Gasteiger partial charge in [-0.15, -0.1) is 0 Å². The molecular formula is C21H18BrF3N4O2. The standard InChI is InChI=1S/C21H18BrF3N4O2/c1-31-17-5-3-2-4-15(17)28-20(30)14-11-26-29-18(21(23,24)25)10-16(27-19(14)29)12-6-8-13(22)9-7-12/h2-9,11,16,18,27H,10H2,1H3,(H,28,30)/t16-,18+/m1/s1. The van der Waals surface area contributed by atoms with E-state index in [0.717, 1.165) is 15.4 Å². The third-order valence-electron chi connectivity index (χ3n) is 5.11. The number of halogens is 4. The molecule has 1 aliphatic heterocycles. The maximum Gasteiger partial charge on any atom is 0.410 e. The first-order valence-corrected chi connectivity index (χ1v) is 10.2. The van der Waals surface area contributed by atoms with Crippen molar-refractivity contribution in [2.45, 2.75) is 24.7 Å². The van der Waals surface area contributed by atoms with Crippen molar-refractivity contribution >= 4 is 33.3 Å². The number of rotatable bonds is 4. The zero-order chi connectivity index (χ0) is 22.2. The van der Waals surface area contributed by atoms with Gasteiger partial charge in [-0.25, -0.2) is 4.68 Å². The number of carbonyl (C=O) groups excluding carboxylic acids is 1. The van der Waals surface area contributed by atoms with Crippen LogP contribution < -0.4 is 15.4 Å². The van der Waals surface area contributed by atoms with E-state index < -0.39 is 24.2 Å². The number of hydrogen-bond donors (Lipinski definition) is 2. The van der Waals surface area contributed by atoms with E-state index >= 15 is 0 Å². The number of hydrogen-bond acceptors (Lipinski definition) is 4. The summed E-state index contributed by atoms with van der Waals surface area (Å²) in [6.45, 7) is 0. The summed E-state index contributed by atoms with van der Waals surface area (Å²) < 4.78 is 48.3. The zero-order valence-electron chi connectivity index (χ0n) is 16.3. The molecule has 3 aromatic rings. The van der Waals surface area contributed by atoms with Crippen LogP contribution in [0.25, 0.3) is 0 Å². The number of aromatic nitrogens is 2. The lowest BCUT2D eigenvalue weighted by atomic mass is 9.96. The highest BCUT2D eigenvalue weighted by molar-refractivity contribution is 9.10. The molecule has 1 amide bonds. The van der Waals surface area contributed by atoms with Gasteiger partial charge in [-0.05, 0) is 29.8 Å². The normalized spacial score (nSPS) is 18.1. The second kappa shape index (κ2) is 8.26. The molecule has 2 heterocycles. The molecule has 2 atom stereocenters. The van der Waals surface area contributed by atoms with Gasteiger partial charge in [0.2, 0.25) is 0 Å². The van der Waals surface area contributed by atoms with Crippen LogP contribution in [0.1, 0.15) is 34.4 Å². The lowest BCUT2D eigenvalue weighted by molar-refractivity contribution is -0.173. The highest BCUT2D eigenvalue weighted by Crippen LogP contribution is 2.44. The van der Waals surface area contributed by atoms with E-state index in [1.807, 2.05) is 0 Å². The molecule has 0 unspecified atom stereocenters. The highest BCUT2D eigenvalue weighted by atomic mass is 79.9. The van der Waals surface area contributed by atoms with Crippen LogP contribution >= 0.6 is 15.9 Å². The fourth-order valence-electron chi connectivity index (χ4n) is 3.58. The fraction of sp³-hybridized carbons (Fsp3) is 0.238. The van der Waals surface area contributed by atoms with Crippen molar-refractivity contribution in [1.29, 1.82) is 0 Å². The molecule has 2 aromatic carbocycles. The quantitative estimate of drug-likeness (QED) is 0.497. The fourth-order valence-corrected chi connectivity index (χ4v) is 3.84. The van der Waals surface area contributed by atoms with Crippen LogP contribution in [-0.2, 0) is 0 Å². The molecule has 1 aromatic heterocycles. The molecule has 0 fully saturated rings. The molecule has 31 heavy (non-hydrogen) atoms. The van der Waals surface area contributed by atoms with E-state index in [1.54, 1.807) is 48.5 Å². The Morgan fingerprint density at radius 2 is 1.94 bits per heavy atom. The van der Waals surface area contributed by atoms with Crippen LogP contribution in [-0.4, -0.2) is 29.0 Å². The lowest BCUT2D eigenvalue weighted by Crippen LogP contribution is -2.36. The number of methoxy groups -OCH3 is 1. The molecule has 0 bridgehead atoms. The average molecular weight is 495 g/mol. The minimum atomic E-state index is -4.52. The first kappa shape index (κ1) is 21.2. The van der Waals surface area contributed by atoms with Gasteiger partial charge < -0.3 is 15.4 Å². The Bertz CT molecular complexity index is 1100. The van der Waals surface area contributed by atoms with E-state index in [4.69, 9.17) is 4.74 Å². The van der Waals surface area contributed by atoms with Crippen molar-refractivity contribution in [2.75, 3.05) is 17.7 Å². The minimum Gasteiger partial charge on any atom is -0.495 e. The van der Waals surface area contributed by atoms with Gasteiger partial charge in [0.25, 0.3) is 5.91 Å². The van der Waals surface area contributed by atoms with Gasteiger partial charge in [-0.2, -0.15) is 18.3 Å². The Morgan fingerprint density at radius 1 is 1.23 bits per heavy atom. The second-order valence-electron chi connectivity index (χ2n) is 7.05. The first-order valence-electron chi connectivity index (χ1n) is 9.38. The number of benzene rings is 2. The molecule has 10 heteroatoms. The van der Waals surface area contributed by atoms with Crippen molar-refractivity contribution in [3.63, 3.8) is 0 Å². The zero-order valence-corrected chi connectivity index (χ0v) is 17.9. The predicted octanol–water partition coefficient (Wildman–Crippen LogP) is 5.57. The maximum absolute atomic E-state index is 13.8. The Balaban J connectivity index is 1.69. The number of para-hydroxylation sites is 2. The topological polar surface area (TPSA) is 68.2 Å². The van der Waals surface area contributed by atoms with Gasteiger partial charge in [-0.1, -0.05) is 40.2 Å². The van der Waals surface area contributed by atoms with Crippen LogP contribution in [0.4, 0.5) is 24.7 Å². The Morgan fingerprint density at radius 3 is 2.61 bits per heavy atom. The number of carbonyl (C=O) groups is 1. The van der Waals surface area contributed by atoms with E-state index in [0.29, 0.717) is 17.0 Å². The SMILES string of the molecule is COc1ccccc1NC(=O)c1cnn2c1N[C@@H](c1ccc(Br)cc1)C[C@H]2C(F)(F)F. The number of fused-ring (bicyclic) bond motifs is 1. The lowest BCUT2D eigenvalue weighted by Gasteiger charge is -2.34. The van der Waals surface area contributed by atoms with Crippen molar-refractivity contribution in [3.8, 4) is 5.75 Å². The van der Waals surface area contributed by atoms with Gasteiger partial charge in [-0.3, -0.25) is 4.79 Å². The van der Waals surface area contributed by atoms with E-state index in [-0.39, 0.29) is 17.8 Å². The number of ether oxygens (including phenoxy) is 1. The van der Waals surface area contributed by atoms with Crippen LogP contribution in [0, 0.1) is 0 Å². The van der Waals surface area contributed by atoms with Crippen molar-refractivity contribution in [3.05, 3.63) is 70.3 Å².